The van der Waals surface area contributed by atoms with E-state index in [1.54, 1.807) is 38.5 Å². The second-order valence-electron chi connectivity index (χ2n) is 7.28. The number of carbonyl (C=O) groups excluding carboxylic acids is 2. The summed E-state index contributed by atoms with van der Waals surface area (Å²) in [6.45, 7) is 0.505. The summed E-state index contributed by atoms with van der Waals surface area (Å²) in [6, 6.07) is 19.5. The Balaban J connectivity index is 1.92. The summed E-state index contributed by atoms with van der Waals surface area (Å²) in [6.07, 6.45) is 0. The van der Waals surface area contributed by atoms with Crippen LogP contribution in [0.25, 0.3) is 16.5 Å². The predicted molar refractivity (Wildman–Crippen MR) is 118 cm³/mol. The molecule has 0 unspecified atom stereocenters. The van der Waals surface area contributed by atoms with Gasteiger partial charge in [0.05, 0.1) is 25.3 Å². The van der Waals surface area contributed by atoms with Gasteiger partial charge in [0.1, 0.15) is 11.5 Å². The van der Waals surface area contributed by atoms with Gasteiger partial charge in [-0.05, 0) is 40.6 Å². The fourth-order valence-corrected chi connectivity index (χ4v) is 4.02. The highest BCUT2D eigenvalue weighted by Crippen LogP contribution is 2.41. The fourth-order valence-electron chi connectivity index (χ4n) is 4.02. The molecule has 0 aromatic heterocycles. The topological polar surface area (TPSA) is 76.1 Å². The van der Waals surface area contributed by atoms with Crippen molar-refractivity contribution in [2.75, 3.05) is 27.4 Å². The number of Topliss-reactive ketones (excluding diaryl/α,β-unsaturated/α-hetero) is 1. The Labute approximate surface area is 180 Å². The first-order valence-electron chi connectivity index (χ1n) is 9.96. The van der Waals surface area contributed by atoms with Gasteiger partial charge in [-0.3, -0.25) is 9.59 Å². The van der Waals surface area contributed by atoms with Crippen molar-refractivity contribution < 1.29 is 24.2 Å². The van der Waals surface area contributed by atoms with Gasteiger partial charge in [0, 0.05) is 19.2 Å². The van der Waals surface area contributed by atoms with E-state index >= 15 is 0 Å². The minimum atomic E-state index is -0.719. The summed E-state index contributed by atoms with van der Waals surface area (Å²) in [5.41, 5.74) is 1.29. The molecule has 158 valence electrons. The van der Waals surface area contributed by atoms with E-state index in [0.717, 1.165) is 16.3 Å². The standard InChI is InChI=1S/C25H23NO5/c1-30-15-14-26-22(20-9-5-7-16-6-3-4-8-19(16)20)21(24(28)25(26)29)23(27)17-10-12-18(31-2)13-11-17/h3-13,22,27H,14-15H2,1-2H3/b23-21+/t22-/m0/s1. The molecule has 1 N–H and O–H groups in total. The third kappa shape index (κ3) is 3.66. The molecule has 4 rings (SSSR count). The highest BCUT2D eigenvalue weighted by molar-refractivity contribution is 6.46. The second kappa shape index (κ2) is 8.62. The molecule has 1 aliphatic heterocycles. The first-order chi connectivity index (χ1) is 15.1. The Morgan fingerprint density at radius 1 is 0.968 bits per heavy atom. The number of rotatable bonds is 6. The molecule has 0 bridgehead atoms. The van der Waals surface area contributed by atoms with Crippen LogP contribution in [0.5, 0.6) is 5.75 Å². The summed E-state index contributed by atoms with van der Waals surface area (Å²) >= 11 is 0. The zero-order valence-electron chi connectivity index (χ0n) is 17.4. The summed E-state index contributed by atoms with van der Waals surface area (Å²) in [7, 11) is 3.09. The van der Waals surface area contributed by atoms with Gasteiger partial charge in [-0.2, -0.15) is 0 Å². The van der Waals surface area contributed by atoms with E-state index in [1.807, 2.05) is 42.5 Å². The molecule has 0 radical (unpaired) electrons. The molecular weight excluding hydrogens is 394 g/mol. The largest absolute Gasteiger partial charge is 0.507 e. The molecule has 1 heterocycles. The Bertz CT molecular complexity index is 1160. The molecule has 0 spiro atoms. The Hall–Kier alpha value is -3.64. The third-order valence-electron chi connectivity index (χ3n) is 5.56. The van der Waals surface area contributed by atoms with Crippen LogP contribution in [0.2, 0.25) is 0 Å². The second-order valence-corrected chi connectivity index (χ2v) is 7.28. The van der Waals surface area contributed by atoms with Crippen LogP contribution >= 0.6 is 0 Å². The molecule has 1 saturated heterocycles. The number of hydrogen-bond acceptors (Lipinski definition) is 5. The molecule has 31 heavy (non-hydrogen) atoms. The summed E-state index contributed by atoms with van der Waals surface area (Å²) in [4.78, 5) is 27.5. The minimum Gasteiger partial charge on any atom is -0.507 e. The highest BCUT2D eigenvalue weighted by atomic mass is 16.5. The number of hydrogen-bond donors (Lipinski definition) is 1. The minimum absolute atomic E-state index is 0.0719. The summed E-state index contributed by atoms with van der Waals surface area (Å²) < 4.78 is 10.3. The van der Waals surface area contributed by atoms with E-state index in [-0.39, 0.29) is 24.5 Å². The van der Waals surface area contributed by atoms with Crippen molar-refractivity contribution in [3.8, 4) is 5.75 Å². The number of aliphatic hydroxyl groups excluding tert-OH is 1. The Morgan fingerprint density at radius 2 is 1.68 bits per heavy atom. The maximum absolute atomic E-state index is 13.1. The van der Waals surface area contributed by atoms with Gasteiger partial charge < -0.3 is 19.5 Å². The first kappa shape index (κ1) is 20.6. The van der Waals surface area contributed by atoms with Crippen molar-refractivity contribution >= 4 is 28.2 Å². The van der Waals surface area contributed by atoms with Crippen LogP contribution in [-0.2, 0) is 14.3 Å². The van der Waals surface area contributed by atoms with Crippen molar-refractivity contribution in [2.24, 2.45) is 0 Å². The monoisotopic (exact) mass is 417 g/mol. The van der Waals surface area contributed by atoms with Crippen molar-refractivity contribution in [2.45, 2.75) is 6.04 Å². The molecule has 1 fully saturated rings. The molecule has 3 aromatic rings. The number of ketones is 1. The Kier molecular flexibility index (Phi) is 5.73. The average molecular weight is 417 g/mol. The van der Waals surface area contributed by atoms with E-state index in [2.05, 4.69) is 0 Å². The summed E-state index contributed by atoms with van der Waals surface area (Å²) in [5, 5.41) is 13.0. The van der Waals surface area contributed by atoms with Crippen LogP contribution < -0.4 is 4.74 Å². The zero-order valence-corrected chi connectivity index (χ0v) is 17.4. The lowest BCUT2D eigenvalue weighted by Crippen LogP contribution is -2.32. The van der Waals surface area contributed by atoms with Crippen molar-refractivity contribution in [1.29, 1.82) is 0 Å². The number of aliphatic hydroxyl groups is 1. The molecule has 1 aliphatic rings. The van der Waals surface area contributed by atoms with Gasteiger partial charge in [-0.1, -0.05) is 42.5 Å². The van der Waals surface area contributed by atoms with E-state index in [4.69, 9.17) is 9.47 Å². The van der Waals surface area contributed by atoms with E-state index in [0.29, 0.717) is 11.3 Å². The number of likely N-dealkylation sites (tertiary alicyclic amines) is 1. The number of methoxy groups -OCH3 is 2. The van der Waals surface area contributed by atoms with Crippen LogP contribution in [0.4, 0.5) is 0 Å². The van der Waals surface area contributed by atoms with Crippen LogP contribution in [0.3, 0.4) is 0 Å². The van der Waals surface area contributed by atoms with Gasteiger partial charge >= 0.3 is 0 Å². The van der Waals surface area contributed by atoms with Gasteiger partial charge in [-0.15, -0.1) is 0 Å². The van der Waals surface area contributed by atoms with E-state index in [1.165, 1.54) is 4.90 Å². The average Bonchev–Trinajstić information content (AvgIpc) is 3.06. The quantitative estimate of drug-likeness (QED) is 0.374. The number of carbonyl (C=O) groups is 2. The molecule has 1 atom stereocenters. The van der Waals surface area contributed by atoms with Gasteiger partial charge in [-0.25, -0.2) is 0 Å². The van der Waals surface area contributed by atoms with E-state index < -0.39 is 17.7 Å². The van der Waals surface area contributed by atoms with Crippen molar-refractivity contribution in [3.05, 3.63) is 83.4 Å². The van der Waals surface area contributed by atoms with Gasteiger partial charge in [0.25, 0.3) is 11.7 Å². The maximum atomic E-state index is 13.1. The molecule has 6 heteroatoms. The molecule has 0 saturated carbocycles. The lowest BCUT2D eigenvalue weighted by molar-refractivity contribution is -0.140. The van der Waals surface area contributed by atoms with E-state index in [9.17, 15) is 14.7 Å². The number of nitrogens with zero attached hydrogens (tertiary/aromatic N) is 1. The molecular formula is C25H23NO5. The lowest BCUT2D eigenvalue weighted by Gasteiger charge is -2.26. The SMILES string of the molecule is COCCN1C(=O)C(=O)/C(=C(/O)c2ccc(OC)cc2)[C@@H]1c1cccc2ccccc12. The first-order valence-corrected chi connectivity index (χ1v) is 9.96. The molecule has 6 nitrogen and oxygen atoms in total. The Morgan fingerprint density at radius 3 is 2.39 bits per heavy atom. The normalized spacial score (nSPS) is 18.0. The van der Waals surface area contributed by atoms with Crippen LogP contribution in [0.1, 0.15) is 17.2 Å². The molecule has 0 aliphatic carbocycles. The lowest BCUT2D eigenvalue weighted by atomic mass is 9.91. The smallest absolute Gasteiger partial charge is 0.295 e. The van der Waals surface area contributed by atoms with Crippen LogP contribution in [0, 0.1) is 0 Å². The van der Waals surface area contributed by atoms with Crippen molar-refractivity contribution in [3.63, 3.8) is 0 Å². The fraction of sp³-hybridized carbons (Fsp3) is 0.200. The zero-order chi connectivity index (χ0) is 22.0. The number of fused-ring (bicyclic) bond motifs is 1. The van der Waals surface area contributed by atoms with Gasteiger partial charge in [0.15, 0.2) is 0 Å². The van der Waals surface area contributed by atoms with Crippen molar-refractivity contribution in [1.82, 2.24) is 4.90 Å². The van der Waals surface area contributed by atoms with Crippen LogP contribution in [-0.4, -0.2) is 49.1 Å². The maximum Gasteiger partial charge on any atom is 0.295 e. The highest BCUT2D eigenvalue weighted by Gasteiger charge is 2.46. The van der Waals surface area contributed by atoms with Gasteiger partial charge in [0.2, 0.25) is 0 Å². The number of benzene rings is 3. The molecule has 3 aromatic carbocycles. The number of amides is 1. The van der Waals surface area contributed by atoms with Crippen LogP contribution in [0.15, 0.2) is 72.3 Å². The predicted octanol–water partition coefficient (Wildman–Crippen LogP) is 3.92. The summed E-state index contributed by atoms with van der Waals surface area (Å²) in [5.74, 6) is -0.936. The number of ether oxygens (including phenoxy) is 2. The molecule has 1 amide bonds. The third-order valence-corrected chi connectivity index (χ3v) is 5.56.